The first kappa shape index (κ1) is 13.0. The summed E-state index contributed by atoms with van der Waals surface area (Å²) in [5, 5.41) is 5.08. The Morgan fingerprint density at radius 2 is 2.24 bits per heavy atom. The van der Waals surface area contributed by atoms with Crippen LogP contribution in [0, 0.1) is 5.92 Å². The molecule has 0 atom stereocenters. The molecule has 6 heteroatoms. The van der Waals surface area contributed by atoms with Crippen LogP contribution >= 0.6 is 11.3 Å². The van der Waals surface area contributed by atoms with E-state index in [9.17, 15) is 8.42 Å². The summed E-state index contributed by atoms with van der Waals surface area (Å²) in [5.74, 6) is 0.561. The molecule has 0 aliphatic heterocycles. The van der Waals surface area contributed by atoms with Crippen molar-refractivity contribution in [1.82, 2.24) is 10.0 Å². The molecule has 4 nitrogen and oxygen atoms in total. The van der Waals surface area contributed by atoms with Gasteiger partial charge in [0, 0.05) is 13.1 Å². The van der Waals surface area contributed by atoms with E-state index in [2.05, 4.69) is 10.0 Å². The summed E-state index contributed by atoms with van der Waals surface area (Å²) in [6.07, 6.45) is 2.30. The van der Waals surface area contributed by atoms with Gasteiger partial charge in [0.15, 0.2) is 0 Å². The van der Waals surface area contributed by atoms with Crippen molar-refractivity contribution in [3.63, 3.8) is 0 Å². The number of nitrogens with one attached hydrogen (secondary N) is 2. The Morgan fingerprint density at radius 3 is 2.88 bits per heavy atom. The summed E-state index contributed by atoms with van der Waals surface area (Å²) >= 11 is 1.29. The molecule has 1 fully saturated rings. The Hall–Kier alpha value is -0.430. The monoisotopic (exact) mass is 274 g/mol. The fourth-order valence-electron chi connectivity index (χ4n) is 1.48. The third-order valence-electron chi connectivity index (χ3n) is 2.73. The maximum Gasteiger partial charge on any atom is 0.250 e. The number of rotatable bonds is 7. The lowest BCUT2D eigenvalue weighted by molar-refractivity contribution is 0.579. The summed E-state index contributed by atoms with van der Waals surface area (Å²) < 4.78 is 27.0. The van der Waals surface area contributed by atoms with Crippen molar-refractivity contribution in [1.29, 1.82) is 0 Å². The third kappa shape index (κ3) is 3.77. The molecule has 17 heavy (non-hydrogen) atoms. The second-order valence-electron chi connectivity index (χ2n) is 4.35. The molecule has 0 amide bonds. The molecule has 1 aliphatic rings. The van der Waals surface area contributed by atoms with E-state index in [-0.39, 0.29) is 0 Å². The first-order chi connectivity index (χ1) is 8.12. The van der Waals surface area contributed by atoms with E-state index < -0.39 is 10.0 Å². The molecule has 96 valence electrons. The lowest BCUT2D eigenvalue weighted by Crippen LogP contribution is -2.25. The minimum absolute atomic E-state index is 0.422. The van der Waals surface area contributed by atoms with Crippen molar-refractivity contribution in [2.45, 2.75) is 30.5 Å². The van der Waals surface area contributed by atoms with Gasteiger partial charge in [-0.2, -0.15) is 0 Å². The van der Waals surface area contributed by atoms with Gasteiger partial charge in [-0.3, -0.25) is 0 Å². The molecule has 1 aromatic rings. The first-order valence-electron chi connectivity index (χ1n) is 5.89. The zero-order valence-electron chi connectivity index (χ0n) is 9.90. The molecule has 2 N–H and O–H groups in total. The summed E-state index contributed by atoms with van der Waals surface area (Å²) in [4.78, 5) is 0. The Kier molecular flexibility index (Phi) is 4.19. The quantitative estimate of drug-likeness (QED) is 0.793. The summed E-state index contributed by atoms with van der Waals surface area (Å²) in [7, 11) is -3.28. The van der Waals surface area contributed by atoms with Gasteiger partial charge >= 0.3 is 0 Å². The van der Waals surface area contributed by atoms with Crippen LogP contribution in [0.2, 0.25) is 0 Å². The normalized spacial score (nSPS) is 16.3. The number of hydrogen-bond donors (Lipinski definition) is 2. The first-order valence-corrected chi connectivity index (χ1v) is 8.26. The van der Waals surface area contributed by atoms with Gasteiger partial charge in [-0.15, -0.1) is 11.3 Å². The van der Waals surface area contributed by atoms with Crippen molar-refractivity contribution < 1.29 is 8.42 Å². The van der Waals surface area contributed by atoms with E-state index in [1.165, 1.54) is 11.3 Å². The van der Waals surface area contributed by atoms with Crippen molar-refractivity contribution in [2.24, 2.45) is 5.92 Å². The van der Waals surface area contributed by atoms with E-state index >= 15 is 0 Å². The van der Waals surface area contributed by atoms with E-state index in [1.54, 1.807) is 6.07 Å². The topological polar surface area (TPSA) is 58.2 Å². The van der Waals surface area contributed by atoms with Gasteiger partial charge in [0.25, 0.3) is 0 Å². The van der Waals surface area contributed by atoms with E-state index in [0.717, 1.165) is 31.5 Å². The molecule has 0 saturated heterocycles. The van der Waals surface area contributed by atoms with Gasteiger partial charge in [0.2, 0.25) is 10.0 Å². The van der Waals surface area contributed by atoms with Crippen molar-refractivity contribution >= 4 is 21.4 Å². The summed E-state index contributed by atoms with van der Waals surface area (Å²) in [6, 6.07) is 1.75. The molecular weight excluding hydrogens is 256 g/mol. The second-order valence-corrected chi connectivity index (χ2v) is 7.25. The highest BCUT2D eigenvalue weighted by Crippen LogP contribution is 2.28. The van der Waals surface area contributed by atoms with E-state index in [4.69, 9.17) is 0 Å². The molecule has 0 unspecified atom stereocenters. The Balaban J connectivity index is 1.96. The number of thiophene rings is 1. The fourth-order valence-corrected chi connectivity index (χ4v) is 3.85. The Morgan fingerprint density at radius 1 is 1.47 bits per heavy atom. The fraction of sp³-hybridized carbons (Fsp3) is 0.636. The molecule has 0 aromatic carbocycles. The predicted molar refractivity (Wildman–Crippen MR) is 69.6 cm³/mol. The lowest BCUT2D eigenvalue weighted by Gasteiger charge is -2.02. The van der Waals surface area contributed by atoms with Gasteiger partial charge in [0.05, 0.1) is 0 Å². The van der Waals surface area contributed by atoms with Crippen LogP contribution in [-0.4, -0.2) is 21.5 Å². The van der Waals surface area contributed by atoms with Crippen LogP contribution in [0.4, 0.5) is 0 Å². The molecule has 2 rings (SSSR count). The van der Waals surface area contributed by atoms with E-state index in [1.807, 2.05) is 12.3 Å². The average Bonchev–Trinajstić information content (AvgIpc) is 3.01. The number of hydrogen-bond acceptors (Lipinski definition) is 4. The number of sulfonamides is 1. The SMILES string of the molecule is CCNCc1csc(S(=O)(=O)NCC2CC2)c1. The molecule has 1 aromatic heterocycles. The molecular formula is C11H18N2O2S2. The van der Waals surface area contributed by atoms with Gasteiger partial charge in [0.1, 0.15) is 4.21 Å². The third-order valence-corrected chi connectivity index (χ3v) is 5.64. The van der Waals surface area contributed by atoms with Crippen LogP contribution in [0.3, 0.4) is 0 Å². The summed E-state index contributed by atoms with van der Waals surface area (Å²) in [5.41, 5.74) is 1.03. The highest BCUT2D eigenvalue weighted by atomic mass is 32.2. The van der Waals surface area contributed by atoms with Gasteiger partial charge in [-0.25, -0.2) is 13.1 Å². The maximum absolute atomic E-state index is 11.9. The van der Waals surface area contributed by atoms with Crippen LogP contribution < -0.4 is 10.0 Å². The summed E-state index contributed by atoms with van der Waals surface area (Å²) in [6.45, 7) is 4.23. The molecule has 1 saturated carbocycles. The minimum atomic E-state index is -3.28. The highest BCUT2D eigenvalue weighted by molar-refractivity contribution is 7.91. The zero-order chi connectivity index (χ0) is 12.3. The average molecular weight is 274 g/mol. The predicted octanol–water partition coefficient (Wildman–Crippen LogP) is 1.55. The van der Waals surface area contributed by atoms with Crippen LogP contribution in [0.5, 0.6) is 0 Å². The second kappa shape index (κ2) is 5.48. The standard InChI is InChI=1S/C11H18N2O2S2/c1-2-12-6-10-5-11(16-8-10)17(14,15)13-7-9-3-4-9/h5,8-9,12-13H,2-4,6-7H2,1H3. The molecule has 1 aliphatic carbocycles. The van der Waals surface area contributed by atoms with E-state index in [0.29, 0.717) is 16.7 Å². The van der Waals surface area contributed by atoms with Crippen molar-refractivity contribution in [3.8, 4) is 0 Å². The van der Waals surface area contributed by atoms with Crippen molar-refractivity contribution in [2.75, 3.05) is 13.1 Å². The Labute approximate surface area is 106 Å². The highest BCUT2D eigenvalue weighted by Gasteiger charge is 2.24. The van der Waals surface area contributed by atoms with Crippen LogP contribution in [-0.2, 0) is 16.6 Å². The minimum Gasteiger partial charge on any atom is -0.313 e. The zero-order valence-corrected chi connectivity index (χ0v) is 11.5. The molecule has 0 spiro atoms. The van der Waals surface area contributed by atoms with Crippen LogP contribution in [0.1, 0.15) is 25.3 Å². The Bertz CT molecular complexity index is 464. The molecule has 1 heterocycles. The molecule has 0 radical (unpaired) electrons. The van der Waals surface area contributed by atoms with Gasteiger partial charge in [-0.05, 0) is 42.3 Å². The van der Waals surface area contributed by atoms with Gasteiger partial charge in [-0.1, -0.05) is 6.92 Å². The molecule has 0 bridgehead atoms. The van der Waals surface area contributed by atoms with Gasteiger partial charge < -0.3 is 5.32 Å². The lowest BCUT2D eigenvalue weighted by atomic mass is 10.3. The largest absolute Gasteiger partial charge is 0.313 e. The maximum atomic E-state index is 11.9. The van der Waals surface area contributed by atoms with Crippen molar-refractivity contribution in [3.05, 3.63) is 17.0 Å². The van der Waals surface area contributed by atoms with Crippen LogP contribution in [0.25, 0.3) is 0 Å². The van der Waals surface area contributed by atoms with Crippen LogP contribution in [0.15, 0.2) is 15.7 Å². The smallest absolute Gasteiger partial charge is 0.250 e.